The molecule has 5 heteroatoms. The van der Waals surface area contributed by atoms with Gasteiger partial charge in [0.2, 0.25) is 0 Å². The molecular formula is C17H23F3N2. The van der Waals surface area contributed by atoms with Crippen molar-refractivity contribution >= 4 is 5.69 Å². The van der Waals surface area contributed by atoms with Crippen LogP contribution in [0.2, 0.25) is 0 Å². The van der Waals surface area contributed by atoms with Gasteiger partial charge in [-0.05, 0) is 44.5 Å². The van der Waals surface area contributed by atoms with Crippen LogP contribution in [0.15, 0.2) is 36.4 Å². The maximum absolute atomic E-state index is 13.1. The van der Waals surface area contributed by atoms with Crippen LogP contribution >= 0.6 is 0 Å². The number of hydrogen-bond acceptors (Lipinski definition) is 2. The van der Waals surface area contributed by atoms with E-state index in [0.717, 1.165) is 31.6 Å². The fraction of sp³-hybridized carbons (Fsp3) is 0.529. The van der Waals surface area contributed by atoms with Crippen molar-refractivity contribution in [3.05, 3.63) is 42.0 Å². The zero-order valence-corrected chi connectivity index (χ0v) is 13.1. The van der Waals surface area contributed by atoms with Crippen LogP contribution in [0.1, 0.15) is 31.2 Å². The highest BCUT2D eigenvalue weighted by molar-refractivity contribution is 5.49. The van der Waals surface area contributed by atoms with E-state index in [-0.39, 0.29) is 11.1 Å². The summed E-state index contributed by atoms with van der Waals surface area (Å²) < 4.78 is 39.3. The van der Waals surface area contributed by atoms with Crippen molar-refractivity contribution in [1.82, 2.24) is 5.32 Å². The monoisotopic (exact) mass is 312 g/mol. The van der Waals surface area contributed by atoms with Gasteiger partial charge in [0.15, 0.2) is 0 Å². The molecule has 1 N–H and O–H groups in total. The summed E-state index contributed by atoms with van der Waals surface area (Å²) in [6.45, 7) is 6.77. The predicted molar refractivity (Wildman–Crippen MR) is 84.3 cm³/mol. The Kier molecular flexibility index (Phi) is 5.16. The van der Waals surface area contributed by atoms with Gasteiger partial charge in [-0.25, -0.2) is 0 Å². The second kappa shape index (κ2) is 6.73. The van der Waals surface area contributed by atoms with E-state index < -0.39 is 12.1 Å². The fourth-order valence-electron chi connectivity index (χ4n) is 3.06. The second-order valence-corrected chi connectivity index (χ2v) is 5.96. The van der Waals surface area contributed by atoms with Gasteiger partial charge in [0.1, 0.15) is 5.92 Å². The molecule has 2 rings (SSSR count). The van der Waals surface area contributed by atoms with Gasteiger partial charge in [-0.1, -0.05) is 24.3 Å². The number of piperidine rings is 1. The summed E-state index contributed by atoms with van der Waals surface area (Å²) in [6.07, 6.45) is -2.19. The highest BCUT2D eigenvalue weighted by atomic mass is 19.4. The summed E-state index contributed by atoms with van der Waals surface area (Å²) in [5.74, 6) is -1.59. The minimum absolute atomic E-state index is 0.120. The minimum Gasteiger partial charge on any atom is -0.371 e. The van der Waals surface area contributed by atoms with Crippen molar-refractivity contribution in [2.24, 2.45) is 0 Å². The van der Waals surface area contributed by atoms with Gasteiger partial charge >= 0.3 is 6.18 Å². The number of allylic oxidation sites excluding steroid dienone is 1. The molecule has 0 amide bonds. The number of nitrogens with one attached hydrogen (secondary N) is 1. The Hall–Kier alpha value is -1.49. The maximum atomic E-state index is 13.1. The number of alkyl halides is 3. The molecule has 1 saturated heterocycles. The first-order chi connectivity index (χ1) is 10.3. The van der Waals surface area contributed by atoms with E-state index in [0.29, 0.717) is 6.04 Å². The van der Waals surface area contributed by atoms with E-state index in [1.807, 2.05) is 7.05 Å². The Morgan fingerprint density at radius 1 is 1.23 bits per heavy atom. The van der Waals surface area contributed by atoms with E-state index in [9.17, 15) is 13.2 Å². The average Bonchev–Trinajstić information content (AvgIpc) is 2.46. The van der Waals surface area contributed by atoms with Crippen molar-refractivity contribution in [3.8, 4) is 0 Å². The molecule has 1 aromatic carbocycles. The van der Waals surface area contributed by atoms with Crippen LogP contribution in [0.3, 0.4) is 0 Å². The Morgan fingerprint density at radius 3 is 2.18 bits per heavy atom. The van der Waals surface area contributed by atoms with Crippen molar-refractivity contribution in [3.63, 3.8) is 0 Å². The van der Waals surface area contributed by atoms with Crippen LogP contribution in [-0.4, -0.2) is 32.4 Å². The Bertz CT molecular complexity index is 500. The van der Waals surface area contributed by atoms with E-state index in [4.69, 9.17) is 0 Å². The number of rotatable bonds is 4. The SMILES string of the molecule is C=C(C)C(c1ccc(N2CCC(NC)CC2)cc1)C(F)(F)F. The van der Waals surface area contributed by atoms with E-state index in [1.165, 1.54) is 6.92 Å². The molecule has 1 atom stereocenters. The molecule has 1 fully saturated rings. The van der Waals surface area contributed by atoms with Crippen molar-refractivity contribution in [1.29, 1.82) is 0 Å². The first-order valence-electron chi connectivity index (χ1n) is 7.57. The Morgan fingerprint density at radius 2 is 1.77 bits per heavy atom. The summed E-state index contributed by atoms with van der Waals surface area (Å²) in [6, 6.07) is 7.26. The fourth-order valence-corrected chi connectivity index (χ4v) is 3.06. The molecule has 0 spiro atoms. The van der Waals surface area contributed by atoms with Crippen LogP contribution in [0.25, 0.3) is 0 Å². The lowest BCUT2D eigenvalue weighted by molar-refractivity contribution is -0.141. The molecule has 0 saturated carbocycles. The third-order valence-corrected chi connectivity index (χ3v) is 4.31. The highest BCUT2D eigenvalue weighted by Gasteiger charge is 2.41. The van der Waals surface area contributed by atoms with Gasteiger partial charge in [0, 0.05) is 24.8 Å². The summed E-state index contributed by atoms with van der Waals surface area (Å²) in [5.41, 5.74) is 1.37. The smallest absolute Gasteiger partial charge is 0.371 e. The van der Waals surface area contributed by atoms with Crippen LogP contribution in [0, 0.1) is 0 Å². The number of benzene rings is 1. The lowest BCUT2D eigenvalue weighted by Gasteiger charge is -2.33. The van der Waals surface area contributed by atoms with Crippen LogP contribution < -0.4 is 10.2 Å². The number of anilines is 1. The van der Waals surface area contributed by atoms with Crippen LogP contribution in [-0.2, 0) is 0 Å². The zero-order valence-electron chi connectivity index (χ0n) is 13.1. The molecule has 0 aliphatic carbocycles. The van der Waals surface area contributed by atoms with E-state index in [1.54, 1.807) is 24.3 Å². The Labute approximate surface area is 130 Å². The summed E-state index contributed by atoms with van der Waals surface area (Å²) in [4.78, 5) is 2.22. The molecule has 2 nitrogen and oxygen atoms in total. The second-order valence-electron chi connectivity index (χ2n) is 5.96. The standard InChI is InChI=1S/C17H23F3N2/c1-12(2)16(17(18,19)20)13-4-6-15(7-5-13)22-10-8-14(21-3)9-11-22/h4-7,14,16,21H,1,8-11H2,2-3H3. The molecule has 1 unspecified atom stereocenters. The molecule has 0 radical (unpaired) electrons. The third-order valence-electron chi connectivity index (χ3n) is 4.31. The number of halogens is 3. The molecule has 1 aliphatic rings. The molecule has 1 aromatic rings. The maximum Gasteiger partial charge on any atom is 0.399 e. The lowest BCUT2D eigenvalue weighted by Crippen LogP contribution is -2.41. The molecule has 122 valence electrons. The highest BCUT2D eigenvalue weighted by Crippen LogP contribution is 2.39. The summed E-state index contributed by atoms with van der Waals surface area (Å²) in [5, 5.41) is 3.27. The molecule has 1 aliphatic heterocycles. The van der Waals surface area contributed by atoms with Gasteiger partial charge < -0.3 is 10.2 Å². The van der Waals surface area contributed by atoms with Gasteiger partial charge in [0.25, 0.3) is 0 Å². The zero-order chi connectivity index (χ0) is 16.3. The van der Waals surface area contributed by atoms with Crippen molar-refractivity contribution in [2.75, 3.05) is 25.0 Å². The first-order valence-corrected chi connectivity index (χ1v) is 7.57. The molecule has 0 aromatic heterocycles. The van der Waals surface area contributed by atoms with Gasteiger partial charge in [0.05, 0.1) is 0 Å². The minimum atomic E-state index is -4.29. The van der Waals surface area contributed by atoms with Gasteiger partial charge in [-0.3, -0.25) is 0 Å². The normalized spacial score (nSPS) is 18.3. The molecule has 0 bridgehead atoms. The largest absolute Gasteiger partial charge is 0.399 e. The predicted octanol–water partition coefficient (Wildman–Crippen LogP) is 4.10. The molecular weight excluding hydrogens is 289 g/mol. The summed E-state index contributed by atoms with van der Waals surface area (Å²) >= 11 is 0. The van der Waals surface area contributed by atoms with E-state index >= 15 is 0 Å². The summed E-state index contributed by atoms with van der Waals surface area (Å²) in [7, 11) is 1.96. The lowest BCUT2D eigenvalue weighted by atomic mass is 9.92. The molecule has 22 heavy (non-hydrogen) atoms. The third kappa shape index (κ3) is 3.83. The quantitative estimate of drug-likeness (QED) is 0.842. The van der Waals surface area contributed by atoms with Crippen molar-refractivity contribution < 1.29 is 13.2 Å². The average molecular weight is 312 g/mol. The van der Waals surface area contributed by atoms with Gasteiger partial charge in [-0.2, -0.15) is 13.2 Å². The van der Waals surface area contributed by atoms with Gasteiger partial charge in [-0.15, -0.1) is 0 Å². The van der Waals surface area contributed by atoms with Crippen LogP contribution in [0.5, 0.6) is 0 Å². The van der Waals surface area contributed by atoms with Crippen molar-refractivity contribution in [2.45, 2.75) is 37.9 Å². The topological polar surface area (TPSA) is 15.3 Å². The Balaban J connectivity index is 2.12. The number of nitrogens with zero attached hydrogens (tertiary/aromatic N) is 1. The van der Waals surface area contributed by atoms with E-state index in [2.05, 4.69) is 16.8 Å². The first kappa shape index (κ1) is 16.9. The molecule has 1 heterocycles. The van der Waals surface area contributed by atoms with Crippen LogP contribution in [0.4, 0.5) is 18.9 Å². The number of hydrogen-bond donors (Lipinski definition) is 1.